The van der Waals surface area contributed by atoms with Crippen LogP contribution in [-0.2, 0) is 9.53 Å². The van der Waals surface area contributed by atoms with Gasteiger partial charge < -0.3 is 20.3 Å². The first-order valence-corrected chi connectivity index (χ1v) is 10.6. The Hall–Kier alpha value is -1.57. The van der Waals surface area contributed by atoms with Gasteiger partial charge in [-0.05, 0) is 44.0 Å². The van der Waals surface area contributed by atoms with Crippen molar-refractivity contribution in [3.05, 3.63) is 29.8 Å². The van der Waals surface area contributed by atoms with E-state index in [1.165, 1.54) is 11.8 Å². The minimum absolute atomic E-state index is 0.0523. The van der Waals surface area contributed by atoms with E-state index in [9.17, 15) is 9.59 Å². The van der Waals surface area contributed by atoms with E-state index in [1.807, 2.05) is 29.2 Å². The highest BCUT2D eigenvalue weighted by atomic mass is 32.2. The van der Waals surface area contributed by atoms with E-state index in [2.05, 4.69) is 17.6 Å². The molecule has 0 saturated carbocycles. The summed E-state index contributed by atoms with van der Waals surface area (Å²) in [6.45, 7) is 6.72. The maximum absolute atomic E-state index is 13.0. The first-order chi connectivity index (χ1) is 13.2. The zero-order chi connectivity index (χ0) is 19.5. The zero-order valence-electron chi connectivity index (χ0n) is 16.3. The highest BCUT2D eigenvalue weighted by molar-refractivity contribution is 8.00. The van der Waals surface area contributed by atoms with Gasteiger partial charge in [0.25, 0.3) is 5.91 Å². The molecule has 1 aliphatic heterocycles. The number of amides is 2. The van der Waals surface area contributed by atoms with Gasteiger partial charge in [0.1, 0.15) is 0 Å². The summed E-state index contributed by atoms with van der Waals surface area (Å²) in [4.78, 5) is 27.7. The molecule has 27 heavy (non-hydrogen) atoms. The Kier molecular flexibility index (Phi) is 9.66. The molecule has 0 spiro atoms. The number of hydrogen-bond acceptors (Lipinski definition) is 5. The summed E-state index contributed by atoms with van der Waals surface area (Å²) in [5.74, 6) is 0.955. The van der Waals surface area contributed by atoms with Crippen LogP contribution in [0.4, 0.5) is 0 Å². The van der Waals surface area contributed by atoms with Gasteiger partial charge in [-0.15, -0.1) is 11.8 Å². The van der Waals surface area contributed by atoms with Crippen molar-refractivity contribution in [1.82, 2.24) is 15.5 Å². The summed E-state index contributed by atoms with van der Waals surface area (Å²) in [5.41, 5.74) is 0.692. The predicted molar refractivity (Wildman–Crippen MR) is 109 cm³/mol. The topological polar surface area (TPSA) is 70.7 Å². The SMILES string of the molecule is CCNCC1CCN(C(=O)c2ccccc2SCC(=O)NCCOC)CC1. The van der Waals surface area contributed by atoms with Crippen LogP contribution in [0.1, 0.15) is 30.1 Å². The van der Waals surface area contributed by atoms with E-state index in [4.69, 9.17) is 4.74 Å². The van der Waals surface area contributed by atoms with Crippen molar-refractivity contribution in [3.8, 4) is 0 Å². The first kappa shape index (κ1) is 21.7. The van der Waals surface area contributed by atoms with Crippen molar-refractivity contribution in [3.63, 3.8) is 0 Å². The largest absolute Gasteiger partial charge is 0.383 e. The molecule has 0 bridgehead atoms. The lowest BCUT2D eigenvalue weighted by atomic mass is 9.96. The molecule has 2 N–H and O–H groups in total. The quantitative estimate of drug-likeness (QED) is 0.470. The number of carbonyl (C=O) groups excluding carboxylic acids is 2. The molecular weight excluding hydrogens is 362 g/mol. The standard InChI is InChI=1S/C20H31N3O3S/c1-3-21-14-16-8-11-23(12-9-16)20(25)17-6-4-5-7-18(17)27-15-19(24)22-10-13-26-2/h4-7,16,21H,3,8-15H2,1-2H3,(H,22,24). The van der Waals surface area contributed by atoms with Crippen LogP contribution in [-0.4, -0.2) is 68.9 Å². The van der Waals surface area contributed by atoms with Crippen molar-refractivity contribution in [2.75, 3.05) is 52.2 Å². The fourth-order valence-corrected chi connectivity index (χ4v) is 3.99. The number of benzene rings is 1. The van der Waals surface area contributed by atoms with Gasteiger partial charge in [-0.1, -0.05) is 19.1 Å². The minimum Gasteiger partial charge on any atom is -0.383 e. The normalized spacial score (nSPS) is 15.0. The van der Waals surface area contributed by atoms with E-state index < -0.39 is 0 Å². The molecule has 1 fully saturated rings. The molecule has 6 nitrogen and oxygen atoms in total. The summed E-state index contributed by atoms with van der Waals surface area (Å²) < 4.78 is 4.93. The zero-order valence-corrected chi connectivity index (χ0v) is 17.1. The van der Waals surface area contributed by atoms with Crippen LogP contribution in [0.25, 0.3) is 0 Å². The van der Waals surface area contributed by atoms with Crippen molar-refractivity contribution >= 4 is 23.6 Å². The van der Waals surface area contributed by atoms with Crippen LogP contribution in [0.2, 0.25) is 0 Å². The van der Waals surface area contributed by atoms with Gasteiger partial charge in [0, 0.05) is 31.6 Å². The van der Waals surface area contributed by atoms with Gasteiger partial charge in [-0.25, -0.2) is 0 Å². The number of likely N-dealkylation sites (tertiary alicyclic amines) is 1. The molecule has 0 aromatic heterocycles. The molecule has 0 aliphatic carbocycles. The summed E-state index contributed by atoms with van der Waals surface area (Å²) in [7, 11) is 1.60. The van der Waals surface area contributed by atoms with Crippen molar-refractivity contribution in [2.24, 2.45) is 5.92 Å². The van der Waals surface area contributed by atoms with Gasteiger partial charge in [-0.3, -0.25) is 9.59 Å². The van der Waals surface area contributed by atoms with Crippen molar-refractivity contribution in [2.45, 2.75) is 24.7 Å². The second-order valence-electron chi connectivity index (χ2n) is 6.67. The molecule has 0 unspecified atom stereocenters. The Labute approximate surface area is 166 Å². The summed E-state index contributed by atoms with van der Waals surface area (Å²) in [5, 5.41) is 6.20. The van der Waals surface area contributed by atoms with Crippen molar-refractivity contribution < 1.29 is 14.3 Å². The Morgan fingerprint density at radius 1 is 1.26 bits per heavy atom. The number of nitrogens with one attached hydrogen (secondary N) is 2. The molecule has 150 valence electrons. The molecule has 1 aromatic carbocycles. The Balaban J connectivity index is 1.89. The van der Waals surface area contributed by atoms with Gasteiger partial charge in [0.2, 0.25) is 5.91 Å². The maximum Gasteiger partial charge on any atom is 0.254 e. The van der Waals surface area contributed by atoms with Crippen LogP contribution in [0, 0.1) is 5.92 Å². The fourth-order valence-electron chi connectivity index (χ4n) is 3.12. The molecule has 1 aliphatic rings. The van der Waals surface area contributed by atoms with Crippen LogP contribution >= 0.6 is 11.8 Å². The monoisotopic (exact) mass is 393 g/mol. The van der Waals surface area contributed by atoms with E-state index >= 15 is 0 Å². The third kappa shape index (κ3) is 7.16. The van der Waals surface area contributed by atoms with E-state index in [1.54, 1.807) is 7.11 Å². The number of rotatable bonds is 10. The van der Waals surface area contributed by atoms with Crippen LogP contribution < -0.4 is 10.6 Å². The molecule has 0 radical (unpaired) electrons. The molecule has 1 aromatic rings. The third-order valence-electron chi connectivity index (χ3n) is 4.69. The van der Waals surface area contributed by atoms with E-state index in [-0.39, 0.29) is 11.8 Å². The van der Waals surface area contributed by atoms with Crippen LogP contribution in [0.3, 0.4) is 0 Å². The summed E-state index contributed by atoms with van der Waals surface area (Å²) in [6, 6.07) is 7.56. The Morgan fingerprint density at radius 3 is 2.70 bits per heavy atom. The number of methoxy groups -OCH3 is 1. The van der Waals surface area contributed by atoms with Gasteiger partial charge in [0.05, 0.1) is 17.9 Å². The number of thioether (sulfide) groups is 1. The number of piperidine rings is 1. The Bertz CT molecular complexity index is 604. The lowest BCUT2D eigenvalue weighted by Gasteiger charge is -2.32. The number of nitrogens with zero attached hydrogens (tertiary/aromatic N) is 1. The van der Waals surface area contributed by atoms with Crippen LogP contribution in [0.5, 0.6) is 0 Å². The van der Waals surface area contributed by atoms with Gasteiger partial charge >= 0.3 is 0 Å². The molecule has 2 rings (SSSR count). The van der Waals surface area contributed by atoms with E-state index in [0.717, 1.165) is 43.9 Å². The predicted octanol–water partition coefficient (Wildman–Crippen LogP) is 2.00. The summed E-state index contributed by atoms with van der Waals surface area (Å²) in [6.07, 6.45) is 2.08. The lowest BCUT2D eigenvalue weighted by molar-refractivity contribution is -0.118. The minimum atomic E-state index is -0.0523. The Morgan fingerprint density at radius 2 is 2.00 bits per heavy atom. The highest BCUT2D eigenvalue weighted by Crippen LogP contribution is 2.25. The lowest BCUT2D eigenvalue weighted by Crippen LogP contribution is -2.41. The smallest absolute Gasteiger partial charge is 0.254 e. The number of ether oxygens (including phenoxy) is 1. The number of hydrogen-bond donors (Lipinski definition) is 2. The average Bonchev–Trinajstić information content (AvgIpc) is 2.71. The second kappa shape index (κ2) is 12.0. The van der Waals surface area contributed by atoms with Crippen LogP contribution in [0.15, 0.2) is 29.2 Å². The van der Waals surface area contributed by atoms with Gasteiger partial charge in [0.15, 0.2) is 0 Å². The third-order valence-corrected chi connectivity index (χ3v) is 5.76. The fraction of sp³-hybridized carbons (Fsp3) is 0.600. The first-order valence-electron chi connectivity index (χ1n) is 9.63. The molecule has 0 atom stereocenters. The maximum atomic E-state index is 13.0. The molecule has 1 saturated heterocycles. The molecule has 1 heterocycles. The average molecular weight is 394 g/mol. The second-order valence-corrected chi connectivity index (χ2v) is 7.69. The highest BCUT2D eigenvalue weighted by Gasteiger charge is 2.24. The van der Waals surface area contributed by atoms with Gasteiger partial charge in [-0.2, -0.15) is 0 Å². The number of carbonyl (C=O) groups is 2. The summed E-state index contributed by atoms with van der Waals surface area (Å²) >= 11 is 1.41. The van der Waals surface area contributed by atoms with E-state index in [0.29, 0.717) is 30.4 Å². The van der Waals surface area contributed by atoms with Crippen molar-refractivity contribution in [1.29, 1.82) is 0 Å². The molecular formula is C20H31N3O3S. The molecule has 2 amide bonds. The molecule has 7 heteroatoms.